The Labute approximate surface area is 177 Å². The number of carbonyl (C=O) groups excluding carboxylic acids is 1. The van der Waals surface area contributed by atoms with Crippen LogP contribution in [-0.4, -0.2) is 35.8 Å². The maximum Gasteiger partial charge on any atom is 0.302 e. The Morgan fingerprint density at radius 2 is 2.07 bits per heavy atom. The van der Waals surface area contributed by atoms with Gasteiger partial charge in [-0.2, -0.15) is 0 Å². The predicted molar refractivity (Wildman–Crippen MR) is 113 cm³/mol. The number of aliphatic hydroxyl groups is 1. The number of aliphatic hydroxyl groups excluding tert-OH is 1. The van der Waals surface area contributed by atoms with Gasteiger partial charge in [0.1, 0.15) is 5.75 Å². The largest absolute Gasteiger partial charge is 0.493 e. The number of unbranched alkanes of at least 4 members (excludes halogenated alkanes) is 1. The molecule has 1 saturated carbocycles. The van der Waals surface area contributed by atoms with E-state index in [1.807, 2.05) is 12.1 Å². The number of hydrogen-bond donors (Lipinski definition) is 1. The van der Waals surface area contributed by atoms with Gasteiger partial charge in [-0.15, -0.1) is 11.6 Å². The first-order valence-corrected chi connectivity index (χ1v) is 10.7. The van der Waals surface area contributed by atoms with Crippen molar-refractivity contribution in [1.29, 1.82) is 0 Å². The molecule has 1 aliphatic rings. The molecule has 0 aromatic heterocycles. The van der Waals surface area contributed by atoms with Crippen LogP contribution in [0.4, 0.5) is 0 Å². The van der Waals surface area contributed by atoms with E-state index in [0.29, 0.717) is 36.8 Å². The molecule has 0 spiro atoms. The molecule has 0 amide bonds. The zero-order valence-corrected chi connectivity index (χ0v) is 18.1. The molecular weight excluding hydrogens is 399 g/mol. The third-order valence-electron chi connectivity index (χ3n) is 5.08. The summed E-state index contributed by atoms with van der Waals surface area (Å²) in [5.74, 6) is 0.517. The summed E-state index contributed by atoms with van der Waals surface area (Å²) in [5.41, 5.74) is 0.935. The molecule has 1 N–H and O–H groups in total. The average Bonchev–Trinajstić information content (AvgIpc) is 2.89. The minimum Gasteiger partial charge on any atom is -0.493 e. The van der Waals surface area contributed by atoms with E-state index in [4.69, 9.17) is 32.7 Å². The summed E-state index contributed by atoms with van der Waals surface area (Å²) >= 11 is 12.7. The fourth-order valence-electron chi connectivity index (χ4n) is 3.58. The molecule has 4 nitrogen and oxygen atoms in total. The van der Waals surface area contributed by atoms with E-state index in [2.05, 4.69) is 19.1 Å². The van der Waals surface area contributed by atoms with Crippen molar-refractivity contribution in [3.05, 3.63) is 40.9 Å². The molecule has 0 bridgehead atoms. The number of hydrogen-bond acceptors (Lipinski definition) is 4. The molecule has 0 radical (unpaired) electrons. The lowest BCUT2D eigenvalue weighted by atomic mass is 9.92. The fraction of sp³-hybridized carbons (Fsp3) is 0.591. The molecular formula is C22H30Cl2O4. The van der Waals surface area contributed by atoms with Crippen LogP contribution in [0.15, 0.2) is 30.4 Å². The first-order valence-electron chi connectivity index (χ1n) is 9.93. The Morgan fingerprint density at radius 3 is 2.79 bits per heavy atom. The van der Waals surface area contributed by atoms with Crippen molar-refractivity contribution in [2.75, 3.05) is 13.2 Å². The number of benzene rings is 1. The smallest absolute Gasteiger partial charge is 0.302 e. The molecule has 1 aromatic carbocycles. The third kappa shape index (κ3) is 7.31. The SMILES string of the molecule is CCC/C=C\C[C@@H]1[C@@H](COc2cc(Cl)cc(CCOC(C)=O)c2)[C@H](O)C[C@H]1Cl. The van der Waals surface area contributed by atoms with Crippen molar-refractivity contribution < 1.29 is 19.4 Å². The molecule has 1 aromatic rings. The number of halogens is 2. The minimum atomic E-state index is -0.463. The zero-order valence-electron chi connectivity index (χ0n) is 16.6. The van der Waals surface area contributed by atoms with Crippen molar-refractivity contribution in [3.63, 3.8) is 0 Å². The van der Waals surface area contributed by atoms with E-state index in [1.54, 1.807) is 6.07 Å². The molecule has 0 unspecified atom stereocenters. The molecule has 1 fully saturated rings. The summed E-state index contributed by atoms with van der Waals surface area (Å²) in [4.78, 5) is 10.9. The minimum absolute atomic E-state index is 0.0164. The molecule has 6 heteroatoms. The van der Waals surface area contributed by atoms with Crippen molar-refractivity contribution in [2.45, 2.75) is 57.4 Å². The van der Waals surface area contributed by atoms with Crippen LogP contribution in [0.3, 0.4) is 0 Å². The van der Waals surface area contributed by atoms with Crippen LogP contribution < -0.4 is 4.74 Å². The first kappa shape index (κ1) is 23.1. The number of alkyl halides is 1. The lowest BCUT2D eigenvalue weighted by Gasteiger charge is -2.23. The summed E-state index contributed by atoms with van der Waals surface area (Å²) in [6.45, 7) is 4.23. The van der Waals surface area contributed by atoms with E-state index in [1.165, 1.54) is 6.92 Å². The normalized spacial score (nSPS) is 24.6. The lowest BCUT2D eigenvalue weighted by molar-refractivity contribution is -0.140. The number of rotatable bonds is 10. The molecule has 1 aliphatic carbocycles. The van der Waals surface area contributed by atoms with Crippen LogP contribution >= 0.6 is 23.2 Å². The molecule has 0 heterocycles. The number of allylic oxidation sites excluding steroid dienone is 2. The van der Waals surface area contributed by atoms with Crippen molar-refractivity contribution in [3.8, 4) is 5.75 Å². The monoisotopic (exact) mass is 428 g/mol. The Kier molecular flexibility index (Phi) is 9.63. The highest BCUT2D eigenvalue weighted by Crippen LogP contribution is 2.39. The van der Waals surface area contributed by atoms with Gasteiger partial charge >= 0.3 is 5.97 Å². The molecule has 0 saturated heterocycles. The quantitative estimate of drug-likeness (QED) is 0.317. The maximum absolute atomic E-state index is 10.9. The molecule has 4 atom stereocenters. The topological polar surface area (TPSA) is 55.8 Å². The highest BCUT2D eigenvalue weighted by atomic mass is 35.5. The van der Waals surface area contributed by atoms with Gasteiger partial charge in [0.25, 0.3) is 0 Å². The third-order valence-corrected chi connectivity index (χ3v) is 5.80. The van der Waals surface area contributed by atoms with Crippen LogP contribution in [0.1, 0.15) is 45.1 Å². The standard InChI is InChI=1S/C22H30Cl2O4/c1-3-4-5-6-7-19-20(22(26)13-21(19)24)14-28-18-11-16(10-17(23)12-18)8-9-27-15(2)25/h5-6,10-12,19-22,26H,3-4,7-9,13-14H2,1-2H3/b6-5-/t19-,20-,21-,22-/m1/s1. The van der Waals surface area contributed by atoms with Gasteiger partial charge in [-0.1, -0.05) is 37.1 Å². The van der Waals surface area contributed by atoms with Gasteiger partial charge in [-0.25, -0.2) is 0 Å². The second kappa shape index (κ2) is 11.7. The van der Waals surface area contributed by atoms with Crippen LogP contribution in [0.5, 0.6) is 5.75 Å². The van der Waals surface area contributed by atoms with Gasteiger partial charge in [0.2, 0.25) is 0 Å². The first-order chi connectivity index (χ1) is 13.4. The molecule has 28 heavy (non-hydrogen) atoms. The summed E-state index contributed by atoms with van der Waals surface area (Å²) in [6, 6.07) is 5.48. The summed E-state index contributed by atoms with van der Waals surface area (Å²) < 4.78 is 11.0. The van der Waals surface area contributed by atoms with Gasteiger partial charge in [0.05, 0.1) is 19.3 Å². The van der Waals surface area contributed by atoms with Crippen molar-refractivity contribution >= 4 is 29.2 Å². The van der Waals surface area contributed by atoms with Crippen molar-refractivity contribution in [1.82, 2.24) is 0 Å². The summed E-state index contributed by atoms with van der Waals surface area (Å²) in [5, 5.41) is 10.9. The van der Waals surface area contributed by atoms with Crippen LogP contribution in [0.25, 0.3) is 0 Å². The highest BCUT2D eigenvalue weighted by Gasteiger charge is 2.41. The van der Waals surface area contributed by atoms with Gasteiger partial charge in [0.15, 0.2) is 0 Å². The predicted octanol–water partition coefficient (Wildman–Crippen LogP) is 5.18. The second-order valence-corrected chi connectivity index (χ2v) is 8.34. The van der Waals surface area contributed by atoms with Gasteiger partial charge in [-0.3, -0.25) is 4.79 Å². The van der Waals surface area contributed by atoms with E-state index < -0.39 is 6.10 Å². The lowest BCUT2D eigenvalue weighted by Crippen LogP contribution is -2.27. The summed E-state index contributed by atoms with van der Waals surface area (Å²) in [6.07, 6.45) is 8.07. The van der Waals surface area contributed by atoms with E-state index in [0.717, 1.165) is 24.8 Å². The molecule has 0 aliphatic heterocycles. The van der Waals surface area contributed by atoms with Gasteiger partial charge in [-0.05, 0) is 48.9 Å². The van der Waals surface area contributed by atoms with Crippen molar-refractivity contribution in [2.24, 2.45) is 11.8 Å². The van der Waals surface area contributed by atoms with Crippen LogP contribution in [0.2, 0.25) is 5.02 Å². The Hall–Kier alpha value is -1.23. The highest BCUT2D eigenvalue weighted by molar-refractivity contribution is 6.30. The molecule has 2 rings (SSSR count). The number of esters is 1. The van der Waals surface area contributed by atoms with Gasteiger partial charge < -0.3 is 14.6 Å². The van der Waals surface area contributed by atoms with E-state index >= 15 is 0 Å². The number of carbonyl (C=O) groups is 1. The number of ether oxygens (including phenoxy) is 2. The molecule has 156 valence electrons. The van der Waals surface area contributed by atoms with Crippen LogP contribution in [-0.2, 0) is 16.0 Å². The Balaban J connectivity index is 1.96. The Morgan fingerprint density at radius 1 is 1.29 bits per heavy atom. The zero-order chi connectivity index (χ0) is 20.5. The fourth-order valence-corrected chi connectivity index (χ4v) is 4.30. The average molecular weight is 429 g/mol. The van der Waals surface area contributed by atoms with E-state index in [-0.39, 0.29) is 23.2 Å². The van der Waals surface area contributed by atoms with Gasteiger partial charge in [0, 0.05) is 29.7 Å². The maximum atomic E-state index is 10.9. The Bertz CT molecular complexity index is 662. The van der Waals surface area contributed by atoms with E-state index in [9.17, 15) is 9.90 Å². The van der Waals surface area contributed by atoms with Crippen LogP contribution in [0, 0.1) is 11.8 Å². The second-order valence-electron chi connectivity index (χ2n) is 7.34. The summed E-state index contributed by atoms with van der Waals surface area (Å²) in [7, 11) is 0.